The van der Waals surface area contributed by atoms with Gasteiger partial charge in [-0.15, -0.1) is 0 Å². The Morgan fingerprint density at radius 1 is 1.33 bits per heavy atom. The molecule has 2 nitrogen and oxygen atoms in total. The molecule has 0 amide bonds. The van der Waals surface area contributed by atoms with E-state index >= 15 is 0 Å². The summed E-state index contributed by atoms with van der Waals surface area (Å²) in [6, 6.07) is 7.27. The van der Waals surface area contributed by atoms with E-state index in [2.05, 4.69) is 15.9 Å². The average molecular weight is 230 g/mol. The first-order chi connectivity index (χ1) is 5.61. The Morgan fingerprint density at radius 2 is 1.83 bits per heavy atom. The largest absolute Gasteiger partial charge is 0.387 e. The van der Waals surface area contributed by atoms with E-state index in [0.717, 1.165) is 10.0 Å². The van der Waals surface area contributed by atoms with Gasteiger partial charge in [0, 0.05) is 10.5 Å². The summed E-state index contributed by atoms with van der Waals surface area (Å²) in [5.74, 6) is 0. The molecular formula is C9H12BrNO. The maximum absolute atomic E-state index is 9.55. The molecule has 0 aromatic heterocycles. The molecule has 1 aromatic carbocycles. The second kappa shape index (κ2) is 4.03. The minimum absolute atomic E-state index is 0.230. The van der Waals surface area contributed by atoms with Crippen LogP contribution in [0.25, 0.3) is 0 Å². The Hall–Kier alpha value is -0.380. The number of benzene rings is 1. The van der Waals surface area contributed by atoms with Crippen LogP contribution in [0.1, 0.15) is 18.6 Å². The minimum atomic E-state index is -0.571. The van der Waals surface area contributed by atoms with Gasteiger partial charge in [0.2, 0.25) is 0 Å². The van der Waals surface area contributed by atoms with Gasteiger partial charge in [-0.3, -0.25) is 0 Å². The van der Waals surface area contributed by atoms with Gasteiger partial charge in [0.15, 0.2) is 0 Å². The summed E-state index contributed by atoms with van der Waals surface area (Å²) < 4.78 is 1.00. The van der Waals surface area contributed by atoms with Crippen LogP contribution in [0.2, 0.25) is 0 Å². The highest BCUT2D eigenvalue weighted by molar-refractivity contribution is 9.10. The Bertz CT molecular complexity index is 245. The van der Waals surface area contributed by atoms with Gasteiger partial charge in [-0.1, -0.05) is 28.1 Å². The predicted octanol–water partition coefficient (Wildman–Crippen LogP) is 1.83. The van der Waals surface area contributed by atoms with E-state index in [4.69, 9.17) is 5.73 Å². The number of hydrogen-bond acceptors (Lipinski definition) is 2. The van der Waals surface area contributed by atoms with E-state index in [1.54, 1.807) is 6.92 Å². The highest BCUT2D eigenvalue weighted by Gasteiger charge is 2.11. The van der Waals surface area contributed by atoms with Crippen molar-refractivity contribution in [2.24, 2.45) is 5.73 Å². The summed E-state index contributed by atoms with van der Waals surface area (Å²) in [5, 5.41) is 9.55. The smallest absolute Gasteiger partial charge is 0.0938 e. The molecule has 1 aromatic rings. The number of rotatable bonds is 2. The van der Waals surface area contributed by atoms with Crippen LogP contribution in [0.4, 0.5) is 0 Å². The van der Waals surface area contributed by atoms with E-state index in [1.165, 1.54) is 0 Å². The van der Waals surface area contributed by atoms with Crippen LogP contribution in [0.5, 0.6) is 0 Å². The highest BCUT2D eigenvalue weighted by atomic mass is 79.9. The lowest BCUT2D eigenvalue weighted by Crippen LogP contribution is -2.24. The second-order valence-corrected chi connectivity index (χ2v) is 3.77. The van der Waals surface area contributed by atoms with Gasteiger partial charge in [-0.25, -0.2) is 0 Å². The second-order valence-electron chi connectivity index (χ2n) is 2.86. The molecule has 0 aliphatic carbocycles. The molecule has 0 radical (unpaired) electrons. The van der Waals surface area contributed by atoms with Crippen molar-refractivity contribution >= 4 is 15.9 Å². The zero-order valence-electron chi connectivity index (χ0n) is 6.87. The molecule has 0 aliphatic rings. The van der Waals surface area contributed by atoms with Gasteiger partial charge in [-0.2, -0.15) is 0 Å². The van der Waals surface area contributed by atoms with Crippen LogP contribution in [-0.4, -0.2) is 11.1 Å². The number of halogens is 1. The Labute approximate surface area is 80.5 Å². The Kier molecular flexibility index (Phi) is 3.26. The number of aliphatic hydroxyl groups is 1. The van der Waals surface area contributed by atoms with Gasteiger partial charge in [0.05, 0.1) is 6.10 Å². The van der Waals surface area contributed by atoms with Crippen molar-refractivity contribution in [3.63, 3.8) is 0 Å². The summed E-state index contributed by atoms with van der Waals surface area (Å²) in [7, 11) is 0. The third kappa shape index (κ3) is 2.30. The highest BCUT2D eigenvalue weighted by Crippen LogP contribution is 2.18. The fourth-order valence-corrected chi connectivity index (χ4v) is 1.23. The van der Waals surface area contributed by atoms with Crippen LogP contribution in [0, 0.1) is 0 Å². The molecule has 3 heteroatoms. The number of hydrogen-bond donors (Lipinski definition) is 2. The van der Waals surface area contributed by atoms with E-state index in [1.807, 2.05) is 24.3 Å². The van der Waals surface area contributed by atoms with Gasteiger partial charge in [0.1, 0.15) is 0 Å². The summed E-state index contributed by atoms with van der Waals surface area (Å²) >= 11 is 3.32. The van der Waals surface area contributed by atoms with E-state index in [9.17, 15) is 5.11 Å². The van der Waals surface area contributed by atoms with Gasteiger partial charge >= 0.3 is 0 Å². The van der Waals surface area contributed by atoms with E-state index in [-0.39, 0.29) is 6.04 Å². The van der Waals surface area contributed by atoms with E-state index in [0.29, 0.717) is 0 Å². The zero-order valence-corrected chi connectivity index (χ0v) is 8.45. The molecule has 3 N–H and O–H groups in total. The molecule has 0 saturated carbocycles. The molecule has 0 bridgehead atoms. The molecule has 1 rings (SSSR count). The molecule has 0 spiro atoms. The lowest BCUT2D eigenvalue weighted by molar-refractivity contribution is 0.153. The Morgan fingerprint density at radius 3 is 2.25 bits per heavy atom. The molecule has 0 aliphatic heterocycles. The van der Waals surface area contributed by atoms with E-state index < -0.39 is 6.10 Å². The quantitative estimate of drug-likeness (QED) is 0.814. The van der Waals surface area contributed by atoms with Gasteiger partial charge < -0.3 is 10.8 Å². The van der Waals surface area contributed by atoms with Gasteiger partial charge in [0.25, 0.3) is 0 Å². The minimum Gasteiger partial charge on any atom is -0.387 e. The van der Waals surface area contributed by atoms with Crippen LogP contribution < -0.4 is 5.73 Å². The maximum Gasteiger partial charge on any atom is 0.0938 e. The maximum atomic E-state index is 9.55. The first kappa shape index (κ1) is 9.71. The van der Waals surface area contributed by atoms with Crippen molar-refractivity contribution in [2.45, 2.75) is 19.1 Å². The molecule has 12 heavy (non-hydrogen) atoms. The Balaban J connectivity index is 2.82. The fourth-order valence-electron chi connectivity index (χ4n) is 0.964. The molecule has 0 heterocycles. The van der Waals surface area contributed by atoms with Crippen molar-refractivity contribution in [3.05, 3.63) is 34.3 Å². The summed E-state index contributed by atoms with van der Waals surface area (Å²) in [6.07, 6.45) is -0.571. The standard InChI is InChI=1S/C9H12BrNO/c1-6(11)9(12)7-2-4-8(10)5-3-7/h2-6,9,12H,11H2,1H3/t6-,9?/m0/s1. The third-order valence-electron chi connectivity index (χ3n) is 1.71. The molecule has 1 unspecified atom stereocenters. The predicted molar refractivity (Wildman–Crippen MR) is 52.8 cm³/mol. The first-order valence-electron chi connectivity index (χ1n) is 3.80. The van der Waals surface area contributed by atoms with Crippen molar-refractivity contribution in [1.82, 2.24) is 0 Å². The topological polar surface area (TPSA) is 46.2 Å². The first-order valence-corrected chi connectivity index (χ1v) is 4.59. The van der Waals surface area contributed by atoms with Crippen molar-refractivity contribution < 1.29 is 5.11 Å². The third-order valence-corrected chi connectivity index (χ3v) is 2.24. The van der Waals surface area contributed by atoms with Crippen LogP contribution >= 0.6 is 15.9 Å². The zero-order chi connectivity index (χ0) is 9.14. The normalized spacial score (nSPS) is 15.7. The summed E-state index contributed by atoms with van der Waals surface area (Å²) in [5.41, 5.74) is 6.40. The van der Waals surface area contributed by atoms with Crippen molar-refractivity contribution in [2.75, 3.05) is 0 Å². The monoisotopic (exact) mass is 229 g/mol. The molecule has 2 atom stereocenters. The van der Waals surface area contributed by atoms with Gasteiger partial charge in [-0.05, 0) is 24.6 Å². The van der Waals surface area contributed by atoms with Crippen LogP contribution in [-0.2, 0) is 0 Å². The molecule has 0 saturated heterocycles. The lowest BCUT2D eigenvalue weighted by atomic mass is 10.0. The number of aliphatic hydroxyl groups excluding tert-OH is 1. The molecule has 66 valence electrons. The number of nitrogens with two attached hydrogens (primary N) is 1. The summed E-state index contributed by atoms with van der Waals surface area (Å²) in [4.78, 5) is 0. The molecular weight excluding hydrogens is 218 g/mol. The fraction of sp³-hybridized carbons (Fsp3) is 0.333. The lowest BCUT2D eigenvalue weighted by Gasteiger charge is -2.14. The van der Waals surface area contributed by atoms with Crippen molar-refractivity contribution in [1.29, 1.82) is 0 Å². The SMILES string of the molecule is C[C@H](N)C(O)c1ccc(Br)cc1. The average Bonchev–Trinajstić information content (AvgIpc) is 2.04. The van der Waals surface area contributed by atoms with Crippen LogP contribution in [0.3, 0.4) is 0 Å². The van der Waals surface area contributed by atoms with Crippen LogP contribution in [0.15, 0.2) is 28.7 Å². The van der Waals surface area contributed by atoms with Crippen molar-refractivity contribution in [3.8, 4) is 0 Å². The summed E-state index contributed by atoms with van der Waals surface area (Å²) in [6.45, 7) is 1.78. The molecule has 0 fully saturated rings.